The summed E-state index contributed by atoms with van der Waals surface area (Å²) in [5, 5.41) is 6.18. The summed E-state index contributed by atoms with van der Waals surface area (Å²) < 4.78 is 26.0. The molecular formula is C28H34FN5O4. The average Bonchev–Trinajstić information content (AvgIpc) is 3.68. The Bertz CT molecular complexity index is 1340. The van der Waals surface area contributed by atoms with Crippen LogP contribution in [0, 0.1) is 18.7 Å². The zero-order chi connectivity index (χ0) is 26.8. The van der Waals surface area contributed by atoms with Crippen LogP contribution in [0.1, 0.15) is 67.9 Å². The number of hydrogen-bond donors (Lipinski definition) is 3. The van der Waals surface area contributed by atoms with E-state index in [1.807, 2.05) is 13.8 Å². The molecule has 0 unspecified atom stereocenters. The third-order valence-electron chi connectivity index (χ3n) is 7.43. The van der Waals surface area contributed by atoms with Crippen molar-refractivity contribution in [1.82, 2.24) is 25.6 Å². The standard InChI is InChI=1S/C28H34FN5O4/c1-4-23(35)33-17-7-9-18(10-8-17)34-28(36)24-15(2)32-27-25(30-14-31-26(24)27)19-11-20(29)22(37-3)12-21(19)38-13-16-5-6-16/h11-12,14,16-18,32H,4-10,13H2,1-3H3,(H,33,35)(H,34,36)/t17-,18+. The number of nitrogens with zero attached hydrogens (tertiary/aromatic N) is 2. The predicted octanol–water partition coefficient (Wildman–Crippen LogP) is 4.44. The average molecular weight is 524 g/mol. The summed E-state index contributed by atoms with van der Waals surface area (Å²) in [5.41, 5.74) is 3.03. The Hall–Kier alpha value is -3.69. The smallest absolute Gasteiger partial charge is 0.255 e. The van der Waals surface area contributed by atoms with E-state index in [-0.39, 0.29) is 29.6 Å². The molecule has 5 rings (SSSR count). The highest BCUT2D eigenvalue weighted by molar-refractivity contribution is 6.09. The molecule has 3 aromatic rings. The van der Waals surface area contributed by atoms with E-state index >= 15 is 0 Å². The van der Waals surface area contributed by atoms with E-state index in [0.717, 1.165) is 38.5 Å². The Morgan fingerprint density at radius 2 is 1.76 bits per heavy atom. The van der Waals surface area contributed by atoms with E-state index in [1.165, 1.54) is 19.5 Å². The van der Waals surface area contributed by atoms with Gasteiger partial charge in [-0.2, -0.15) is 0 Å². The third-order valence-corrected chi connectivity index (χ3v) is 7.43. The molecule has 0 saturated heterocycles. The molecule has 2 heterocycles. The first-order chi connectivity index (χ1) is 18.4. The number of fused-ring (bicyclic) bond motifs is 1. The fraction of sp³-hybridized carbons (Fsp3) is 0.500. The van der Waals surface area contributed by atoms with E-state index < -0.39 is 5.82 Å². The van der Waals surface area contributed by atoms with Crippen LogP contribution in [-0.2, 0) is 4.79 Å². The number of aromatic amines is 1. The molecule has 0 atom stereocenters. The monoisotopic (exact) mass is 523 g/mol. The molecule has 2 amide bonds. The first kappa shape index (κ1) is 25.9. The lowest BCUT2D eigenvalue weighted by molar-refractivity contribution is -0.121. The number of halogens is 1. The van der Waals surface area contributed by atoms with Crippen molar-refractivity contribution in [1.29, 1.82) is 0 Å². The molecule has 38 heavy (non-hydrogen) atoms. The molecule has 2 fully saturated rings. The summed E-state index contributed by atoms with van der Waals surface area (Å²) >= 11 is 0. The first-order valence-corrected chi connectivity index (χ1v) is 13.3. The van der Waals surface area contributed by atoms with Crippen molar-refractivity contribution in [3.8, 4) is 22.8 Å². The second-order valence-corrected chi connectivity index (χ2v) is 10.3. The number of aryl methyl sites for hydroxylation is 1. The minimum Gasteiger partial charge on any atom is -0.494 e. The van der Waals surface area contributed by atoms with Gasteiger partial charge in [0.1, 0.15) is 23.3 Å². The Morgan fingerprint density at radius 1 is 1.05 bits per heavy atom. The Kier molecular flexibility index (Phi) is 7.49. The molecule has 2 aliphatic carbocycles. The SMILES string of the molecule is CCC(=O)N[C@H]1CC[C@@H](NC(=O)c2c(C)[nH]c3c(-c4cc(F)c(OC)cc4OCC4CC4)ncnc23)CC1. The van der Waals surface area contributed by atoms with Crippen molar-refractivity contribution in [2.75, 3.05) is 13.7 Å². The maximum Gasteiger partial charge on any atom is 0.255 e. The van der Waals surface area contributed by atoms with Crippen LogP contribution < -0.4 is 20.1 Å². The van der Waals surface area contributed by atoms with E-state index in [1.54, 1.807) is 6.07 Å². The highest BCUT2D eigenvalue weighted by Gasteiger charge is 2.28. The second kappa shape index (κ2) is 11.0. The molecule has 0 aliphatic heterocycles. The lowest BCUT2D eigenvalue weighted by atomic mass is 9.91. The number of carbonyl (C=O) groups is 2. The molecule has 9 nitrogen and oxygen atoms in total. The predicted molar refractivity (Wildman–Crippen MR) is 141 cm³/mol. The lowest BCUT2D eigenvalue weighted by Gasteiger charge is -2.29. The van der Waals surface area contributed by atoms with Crippen molar-refractivity contribution < 1.29 is 23.5 Å². The number of nitrogens with one attached hydrogen (secondary N) is 3. The van der Waals surface area contributed by atoms with E-state index in [9.17, 15) is 14.0 Å². The van der Waals surface area contributed by atoms with Crippen LogP contribution in [0.25, 0.3) is 22.3 Å². The van der Waals surface area contributed by atoms with Crippen molar-refractivity contribution in [2.45, 2.75) is 70.9 Å². The van der Waals surface area contributed by atoms with Crippen LogP contribution in [0.5, 0.6) is 11.5 Å². The lowest BCUT2D eigenvalue weighted by Crippen LogP contribution is -2.43. The molecule has 10 heteroatoms. The van der Waals surface area contributed by atoms with Gasteiger partial charge in [0.15, 0.2) is 11.6 Å². The number of ether oxygens (including phenoxy) is 2. The molecule has 0 spiro atoms. The van der Waals surface area contributed by atoms with E-state index in [4.69, 9.17) is 9.47 Å². The van der Waals surface area contributed by atoms with Crippen molar-refractivity contribution >= 4 is 22.8 Å². The maximum atomic E-state index is 14.8. The summed E-state index contributed by atoms with van der Waals surface area (Å²) in [7, 11) is 1.42. The summed E-state index contributed by atoms with van der Waals surface area (Å²) in [4.78, 5) is 37.2. The maximum absolute atomic E-state index is 14.8. The molecule has 0 bridgehead atoms. The van der Waals surface area contributed by atoms with Crippen LogP contribution in [0.2, 0.25) is 0 Å². The zero-order valence-electron chi connectivity index (χ0n) is 22.0. The van der Waals surface area contributed by atoms with Crippen LogP contribution in [0.3, 0.4) is 0 Å². The van der Waals surface area contributed by atoms with Gasteiger partial charge in [-0.1, -0.05) is 6.92 Å². The number of carbonyl (C=O) groups excluding carboxylic acids is 2. The van der Waals surface area contributed by atoms with E-state index in [0.29, 0.717) is 58.2 Å². The topological polar surface area (TPSA) is 118 Å². The number of methoxy groups -OCH3 is 1. The number of rotatable bonds is 9. The Labute approximate surface area is 220 Å². The van der Waals surface area contributed by atoms with Gasteiger partial charge in [-0.3, -0.25) is 9.59 Å². The van der Waals surface area contributed by atoms with Crippen molar-refractivity contribution in [3.63, 3.8) is 0 Å². The first-order valence-electron chi connectivity index (χ1n) is 13.3. The highest BCUT2D eigenvalue weighted by atomic mass is 19.1. The molecule has 2 aliphatic rings. The van der Waals surface area contributed by atoms with Gasteiger partial charge in [-0.15, -0.1) is 0 Å². The summed E-state index contributed by atoms with van der Waals surface area (Å²) in [6, 6.07) is 3.07. The van der Waals surface area contributed by atoms with Crippen LogP contribution in [-0.4, -0.2) is 52.6 Å². The zero-order valence-corrected chi connectivity index (χ0v) is 22.0. The summed E-state index contributed by atoms with van der Waals surface area (Å²) in [6.07, 6.45) is 7.31. The van der Waals surface area contributed by atoms with Crippen LogP contribution >= 0.6 is 0 Å². The van der Waals surface area contributed by atoms with Gasteiger partial charge >= 0.3 is 0 Å². The quantitative estimate of drug-likeness (QED) is 0.382. The van der Waals surface area contributed by atoms with E-state index in [2.05, 4.69) is 25.6 Å². The number of aromatic nitrogens is 3. The third kappa shape index (κ3) is 5.44. The Balaban J connectivity index is 1.40. The van der Waals surface area contributed by atoms with Crippen molar-refractivity contribution in [3.05, 3.63) is 35.5 Å². The molecule has 2 aromatic heterocycles. The van der Waals surface area contributed by atoms with Gasteiger partial charge in [0, 0.05) is 35.8 Å². The van der Waals surface area contributed by atoms with Crippen LogP contribution in [0.15, 0.2) is 18.5 Å². The summed E-state index contributed by atoms with van der Waals surface area (Å²) in [6.45, 7) is 4.20. The van der Waals surface area contributed by atoms with Gasteiger partial charge in [-0.25, -0.2) is 14.4 Å². The number of H-pyrrole nitrogens is 1. The fourth-order valence-electron chi connectivity index (χ4n) is 5.06. The highest BCUT2D eigenvalue weighted by Crippen LogP contribution is 2.39. The molecule has 2 saturated carbocycles. The van der Waals surface area contributed by atoms with Gasteiger partial charge in [0.05, 0.1) is 24.8 Å². The van der Waals surface area contributed by atoms with Gasteiger partial charge in [-0.05, 0) is 57.4 Å². The Morgan fingerprint density at radius 3 is 2.42 bits per heavy atom. The molecule has 3 N–H and O–H groups in total. The molecule has 1 aromatic carbocycles. The van der Waals surface area contributed by atoms with Crippen LogP contribution in [0.4, 0.5) is 4.39 Å². The van der Waals surface area contributed by atoms with Crippen molar-refractivity contribution in [2.24, 2.45) is 5.92 Å². The minimum atomic E-state index is -0.528. The summed E-state index contributed by atoms with van der Waals surface area (Å²) in [5.74, 6) is 0.382. The molecule has 0 radical (unpaired) electrons. The van der Waals surface area contributed by atoms with Gasteiger partial charge in [0.2, 0.25) is 5.91 Å². The normalized spacial score (nSPS) is 19.3. The fourth-order valence-corrected chi connectivity index (χ4v) is 5.06. The second-order valence-electron chi connectivity index (χ2n) is 10.3. The number of hydrogen-bond acceptors (Lipinski definition) is 6. The van der Waals surface area contributed by atoms with Gasteiger partial charge in [0.25, 0.3) is 5.91 Å². The molecular weight excluding hydrogens is 489 g/mol. The number of amides is 2. The molecule has 202 valence electrons. The largest absolute Gasteiger partial charge is 0.494 e. The minimum absolute atomic E-state index is 0.0149. The van der Waals surface area contributed by atoms with Gasteiger partial charge < -0.3 is 25.1 Å². The number of benzene rings is 1.